The highest BCUT2D eigenvalue weighted by molar-refractivity contribution is 8.03. The summed E-state index contributed by atoms with van der Waals surface area (Å²) in [6.07, 6.45) is 8.27. The van der Waals surface area contributed by atoms with Crippen LogP contribution in [0.2, 0.25) is 0 Å². The Morgan fingerprint density at radius 2 is 1.81 bits per heavy atom. The second-order valence-corrected chi connectivity index (χ2v) is 7.81. The lowest BCUT2D eigenvalue weighted by molar-refractivity contribution is -0.105. The summed E-state index contributed by atoms with van der Waals surface area (Å²) in [5.74, 6) is 0.543. The Labute approximate surface area is 191 Å². The molecule has 0 spiro atoms. The monoisotopic (exact) mass is 445 g/mol. The van der Waals surface area contributed by atoms with Crippen molar-refractivity contribution in [3.05, 3.63) is 71.4 Å². The fourth-order valence-electron chi connectivity index (χ4n) is 2.24. The van der Waals surface area contributed by atoms with E-state index in [0.29, 0.717) is 5.76 Å². The average Bonchev–Trinajstić information content (AvgIpc) is 2.80. The van der Waals surface area contributed by atoms with Gasteiger partial charge in [0.05, 0.1) is 12.4 Å². The smallest absolute Gasteiger partial charge is 0.146 e. The summed E-state index contributed by atoms with van der Waals surface area (Å²) in [5, 5.41) is 4.00. The second kappa shape index (κ2) is 17.3. The van der Waals surface area contributed by atoms with Crippen molar-refractivity contribution >= 4 is 29.3 Å². The molecule has 0 saturated heterocycles. The number of carbonyl (C=O) groups excluding carboxylic acids is 1. The zero-order chi connectivity index (χ0) is 23.6. The Morgan fingerprint density at radius 1 is 1.16 bits per heavy atom. The van der Waals surface area contributed by atoms with E-state index in [4.69, 9.17) is 4.84 Å². The van der Waals surface area contributed by atoms with Crippen molar-refractivity contribution in [2.75, 3.05) is 6.67 Å². The van der Waals surface area contributed by atoms with Gasteiger partial charge in [0, 0.05) is 4.90 Å². The molecule has 2 rings (SSSR count). The number of hydrogen-bond donors (Lipinski definition) is 0. The first kappa shape index (κ1) is 28.6. The van der Waals surface area contributed by atoms with Gasteiger partial charge in [0.2, 0.25) is 0 Å². The fourth-order valence-corrected chi connectivity index (χ4v) is 3.15. The third-order valence-corrected chi connectivity index (χ3v) is 5.12. The largest absolute Gasteiger partial charge is 0.362 e. The van der Waals surface area contributed by atoms with E-state index in [9.17, 15) is 9.18 Å². The SMILES string of the molecule is C=C(C)O/N=C(\C)C(=C)c1ccc(SC2=CC=C(C=O)CC2)cc1.CC.CCCCF. The normalized spacial score (nSPS) is 12.8. The van der Waals surface area contributed by atoms with Crippen molar-refractivity contribution in [1.29, 1.82) is 0 Å². The molecule has 0 radical (unpaired) electrons. The molecule has 1 aliphatic rings. The van der Waals surface area contributed by atoms with Crippen LogP contribution in [0.15, 0.2) is 75.9 Å². The molecular formula is C26H36FNO2S. The lowest BCUT2D eigenvalue weighted by Gasteiger charge is -2.11. The predicted molar refractivity (Wildman–Crippen MR) is 134 cm³/mol. The average molecular weight is 446 g/mol. The van der Waals surface area contributed by atoms with Gasteiger partial charge in [-0.05, 0) is 66.9 Å². The maximum atomic E-state index is 11.0. The minimum absolute atomic E-state index is 0.156. The third kappa shape index (κ3) is 12.1. The first-order chi connectivity index (χ1) is 14.9. The molecule has 31 heavy (non-hydrogen) atoms. The van der Waals surface area contributed by atoms with E-state index in [1.807, 2.05) is 52.0 Å². The van der Waals surface area contributed by atoms with Crippen LogP contribution in [0.25, 0.3) is 5.57 Å². The minimum atomic E-state index is -0.156. The first-order valence-electron chi connectivity index (χ1n) is 10.7. The molecule has 170 valence electrons. The number of unbranched alkanes of at least 4 members (excludes halogenated alkanes) is 1. The first-order valence-corrected chi connectivity index (χ1v) is 11.5. The highest BCUT2D eigenvalue weighted by atomic mass is 32.2. The van der Waals surface area contributed by atoms with Gasteiger partial charge in [0.25, 0.3) is 0 Å². The summed E-state index contributed by atoms with van der Waals surface area (Å²) in [6.45, 7) is 17.1. The molecule has 5 heteroatoms. The Kier molecular flexibility index (Phi) is 16.0. The van der Waals surface area contributed by atoms with E-state index in [1.165, 1.54) is 4.91 Å². The highest BCUT2D eigenvalue weighted by Crippen LogP contribution is 2.33. The summed E-state index contributed by atoms with van der Waals surface area (Å²) >= 11 is 1.72. The van der Waals surface area contributed by atoms with E-state index in [-0.39, 0.29) is 6.67 Å². The van der Waals surface area contributed by atoms with Crippen LogP contribution in [0.3, 0.4) is 0 Å². The minimum Gasteiger partial charge on any atom is -0.362 e. The number of carbonyl (C=O) groups is 1. The van der Waals surface area contributed by atoms with Crippen LogP contribution < -0.4 is 0 Å². The number of benzene rings is 1. The van der Waals surface area contributed by atoms with Crippen LogP contribution in [0.4, 0.5) is 4.39 Å². The van der Waals surface area contributed by atoms with Crippen molar-refractivity contribution in [2.45, 2.75) is 65.2 Å². The summed E-state index contributed by atoms with van der Waals surface area (Å²) in [4.78, 5) is 18.2. The van der Waals surface area contributed by atoms with Crippen LogP contribution in [-0.2, 0) is 9.63 Å². The Balaban J connectivity index is 0.00000113. The lowest BCUT2D eigenvalue weighted by Crippen LogP contribution is -1.97. The maximum Gasteiger partial charge on any atom is 0.146 e. The van der Waals surface area contributed by atoms with Gasteiger partial charge in [-0.3, -0.25) is 9.18 Å². The standard InChI is InChI=1S/C20H21NO2S.C4H9F.C2H6/c1-14(2)23-21-16(4)15(3)18-7-11-20(12-8-18)24-19-9-5-17(13-22)6-10-19;1-2-3-4-5;1-2/h5,7-9,11-13H,1,3,6,10H2,2,4H3;2-4H2,1H3;1-2H3/b21-16+;;. The Morgan fingerprint density at radius 3 is 2.23 bits per heavy atom. The molecule has 0 aliphatic heterocycles. The zero-order valence-electron chi connectivity index (χ0n) is 19.5. The molecule has 0 aromatic heterocycles. The summed E-state index contributed by atoms with van der Waals surface area (Å²) in [6, 6.07) is 8.19. The summed E-state index contributed by atoms with van der Waals surface area (Å²) in [7, 11) is 0. The molecule has 0 atom stereocenters. The maximum absolute atomic E-state index is 11.0. The number of aldehydes is 1. The number of allylic oxidation sites excluding steroid dienone is 6. The topological polar surface area (TPSA) is 38.7 Å². The number of hydrogen-bond acceptors (Lipinski definition) is 4. The molecule has 0 bridgehead atoms. The van der Waals surface area contributed by atoms with Crippen molar-refractivity contribution in [3.8, 4) is 0 Å². The van der Waals surface area contributed by atoms with Crippen molar-refractivity contribution in [1.82, 2.24) is 0 Å². The second-order valence-electron chi connectivity index (χ2n) is 6.61. The molecule has 0 N–H and O–H groups in total. The number of alkyl halides is 1. The van der Waals surface area contributed by atoms with E-state index in [1.54, 1.807) is 18.7 Å². The van der Waals surface area contributed by atoms with Crippen molar-refractivity contribution in [2.24, 2.45) is 5.16 Å². The van der Waals surface area contributed by atoms with Gasteiger partial charge in [-0.2, -0.15) is 0 Å². The molecule has 1 aliphatic carbocycles. The van der Waals surface area contributed by atoms with Crippen molar-refractivity contribution < 1.29 is 14.0 Å². The van der Waals surface area contributed by atoms with Crippen LogP contribution in [0.1, 0.15) is 65.9 Å². The fraction of sp³-hybridized carbons (Fsp3) is 0.385. The van der Waals surface area contributed by atoms with Crippen molar-refractivity contribution in [3.63, 3.8) is 0 Å². The van der Waals surface area contributed by atoms with E-state index in [2.05, 4.69) is 30.4 Å². The van der Waals surface area contributed by atoms with E-state index < -0.39 is 0 Å². The van der Waals surface area contributed by atoms with E-state index >= 15 is 0 Å². The molecule has 0 saturated carbocycles. The van der Waals surface area contributed by atoms with Gasteiger partial charge in [0.1, 0.15) is 12.0 Å². The number of oxime groups is 1. The number of halogens is 1. The van der Waals surface area contributed by atoms with Crippen LogP contribution in [0, 0.1) is 0 Å². The molecule has 0 fully saturated rings. The molecule has 1 aromatic rings. The quantitative estimate of drug-likeness (QED) is 0.166. The molecule has 0 heterocycles. The number of nitrogens with zero attached hydrogens (tertiary/aromatic N) is 1. The van der Waals surface area contributed by atoms with Gasteiger partial charge in [-0.25, -0.2) is 0 Å². The highest BCUT2D eigenvalue weighted by Gasteiger charge is 2.08. The number of rotatable bonds is 9. The van der Waals surface area contributed by atoms with Crippen LogP contribution in [0.5, 0.6) is 0 Å². The Bertz CT molecular complexity index is 790. The summed E-state index contributed by atoms with van der Waals surface area (Å²) in [5.41, 5.74) is 3.41. The predicted octanol–water partition coefficient (Wildman–Crippen LogP) is 8.30. The van der Waals surface area contributed by atoms with Gasteiger partial charge in [-0.1, -0.05) is 81.6 Å². The molecule has 3 nitrogen and oxygen atoms in total. The van der Waals surface area contributed by atoms with Gasteiger partial charge < -0.3 is 4.84 Å². The zero-order valence-corrected chi connectivity index (χ0v) is 20.4. The molecule has 1 aromatic carbocycles. The number of thioether (sulfide) groups is 1. The summed E-state index contributed by atoms with van der Waals surface area (Å²) < 4.78 is 11.0. The van der Waals surface area contributed by atoms with Gasteiger partial charge in [-0.15, -0.1) is 0 Å². The van der Waals surface area contributed by atoms with Crippen LogP contribution >= 0.6 is 11.8 Å². The third-order valence-electron chi connectivity index (χ3n) is 4.01. The lowest BCUT2D eigenvalue weighted by atomic mass is 10.0. The van der Waals surface area contributed by atoms with E-state index in [0.717, 1.165) is 59.3 Å². The van der Waals surface area contributed by atoms with Gasteiger partial charge in [0.15, 0.2) is 0 Å². The molecular weight excluding hydrogens is 409 g/mol. The van der Waals surface area contributed by atoms with Crippen LogP contribution in [-0.4, -0.2) is 18.7 Å². The molecule has 0 amide bonds. The molecule has 0 unspecified atom stereocenters. The van der Waals surface area contributed by atoms with Gasteiger partial charge >= 0.3 is 0 Å². The Hall–Kier alpha value is -2.40.